The van der Waals surface area contributed by atoms with E-state index in [0.717, 1.165) is 4.90 Å². The number of hydrogen-bond donors (Lipinski definition) is 2. The van der Waals surface area contributed by atoms with Crippen LogP contribution in [0.25, 0.3) is 0 Å². The Bertz CT molecular complexity index is 546. The number of aliphatic carboxylic acids is 1. The summed E-state index contributed by atoms with van der Waals surface area (Å²) in [7, 11) is 0. The van der Waals surface area contributed by atoms with Crippen molar-refractivity contribution in [3.05, 3.63) is 34.3 Å². The van der Waals surface area contributed by atoms with Crippen molar-refractivity contribution in [2.24, 2.45) is 0 Å². The highest BCUT2D eigenvalue weighted by Gasteiger charge is 2.35. The van der Waals surface area contributed by atoms with Crippen molar-refractivity contribution in [2.45, 2.75) is 6.04 Å². The summed E-state index contributed by atoms with van der Waals surface area (Å²) in [6.45, 7) is -0.323. The molecule has 1 fully saturated rings. The predicted octanol–water partition coefficient (Wildman–Crippen LogP) is 0.474. The molecule has 2 N–H and O–H groups in total. The lowest BCUT2D eigenvalue weighted by Crippen LogP contribution is -2.59. The van der Waals surface area contributed by atoms with Gasteiger partial charge in [0.15, 0.2) is 0 Å². The van der Waals surface area contributed by atoms with Crippen LogP contribution < -0.4 is 5.32 Å². The van der Waals surface area contributed by atoms with Crippen molar-refractivity contribution in [1.29, 1.82) is 0 Å². The van der Waals surface area contributed by atoms with Gasteiger partial charge < -0.3 is 15.3 Å². The Kier molecular flexibility index (Phi) is 3.84. The molecule has 2 amide bonds. The van der Waals surface area contributed by atoms with Gasteiger partial charge in [-0.25, -0.2) is 4.79 Å². The van der Waals surface area contributed by atoms with Gasteiger partial charge in [-0.15, -0.1) is 0 Å². The van der Waals surface area contributed by atoms with E-state index in [2.05, 4.69) is 21.2 Å². The van der Waals surface area contributed by atoms with Gasteiger partial charge in [0.2, 0.25) is 5.91 Å². The summed E-state index contributed by atoms with van der Waals surface area (Å²) in [5, 5.41) is 11.5. The summed E-state index contributed by atoms with van der Waals surface area (Å²) in [6, 6.07) is 5.57. The van der Waals surface area contributed by atoms with Crippen molar-refractivity contribution >= 4 is 33.7 Å². The Hall–Kier alpha value is -1.89. The first kappa shape index (κ1) is 13.5. The summed E-state index contributed by atoms with van der Waals surface area (Å²) in [4.78, 5) is 35.8. The van der Waals surface area contributed by atoms with Gasteiger partial charge >= 0.3 is 5.97 Å². The first-order valence-corrected chi connectivity index (χ1v) is 6.34. The quantitative estimate of drug-likeness (QED) is 0.827. The van der Waals surface area contributed by atoms with Crippen molar-refractivity contribution in [3.8, 4) is 0 Å². The molecule has 0 spiro atoms. The molecule has 100 valence electrons. The van der Waals surface area contributed by atoms with Crippen LogP contribution in [0.1, 0.15) is 10.4 Å². The van der Waals surface area contributed by atoms with Crippen LogP contribution in [0, 0.1) is 0 Å². The molecule has 1 aliphatic rings. The van der Waals surface area contributed by atoms with E-state index in [4.69, 9.17) is 5.11 Å². The monoisotopic (exact) mass is 326 g/mol. The smallest absolute Gasteiger partial charge is 0.328 e. The topological polar surface area (TPSA) is 86.7 Å². The maximum absolute atomic E-state index is 12.3. The summed E-state index contributed by atoms with van der Waals surface area (Å²) in [5.74, 6) is -1.97. The number of carbonyl (C=O) groups is 3. The number of nitrogens with zero attached hydrogens (tertiary/aromatic N) is 1. The number of carbonyl (C=O) groups excluding carboxylic acids is 2. The third-order valence-electron chi connectivity index (χ3n) is 2.80. The van der Waals surface area contributed by atoms with Gasteiger partial charge in [-0.05, 0) is 18.2 Å². The Morgan fingerprint density at radius 2 is 2.16 bits per heavy atom. The Labute approximate surface area is 117 Å². The van der Waals surface area contributed by atoms with Gasteiger partial charge in [0.1, 0.15) is 12.6 Å². The Balaban J connectivity index is 2.28. The average Bonchev–Trinajstić information content (AvgIpc) is 2.37. The largest absolute Gasteiger partial charge is 0.480 e. The van der Waals surface area contributed by atoms with Gasteiger partial charge in [0.25, 0.3) is 5.91 Å². The normalized spacial score (nSPS) is 18.9. The molecule has 0 aromatic heterocycles. The van der Waals surface area contributed by atoms with Gasteiger partial charge in [-0.3, -0.25) is 9.59 Å². The van der Waals surface area contributed by atoms with Crippen LogP contribution in [0.5, 0.6) is 0 Å². The Morgan fingerprint density at radius 3 is 2.79 bits per heavy atom. The third kappa shape index (κ3) is 2.93. The van der Waals surface area contributed by atoms with Crippen LogP contribution in [0.4, 0.5) is 0 Å². The van der Waals surface area contributed by atoms with Crippen molar-refractivity contribution in [1.82, 2.24) is 10.2 Å². The highest BCUT2D eigenvalue weighted by molar-refractivity contribution is 9.10. The zero-order valence-electron chi connectivity index (χ0n) is 9.80. The van der Waals surface area contributed by atoms with Gasteiger partial charge in [-0.2, -0.15) is 0 Å². The minimum atomic E-state index is -1.14. The second kappa shape index (κ2) is 5.40. The molecule has 1 heterocycles. The van der Waals surface area contributed by atoms with E-state index >= 15 is 0 Å². The highest BCUT2D eigenvalue weighted by Crippen LogP contribution is 2.16. The molecule has 1 saturated heterocycles. The number of benzene rings is 1. The van der Waals surface area contributed by atoms with E-state index in [9.17, 15) is 14.4 Å². The van der Waals surface area contributed by atoms with Crippen molar-refractivity contribution < 1.29 is 19.5 Å². The van der Waals surface area contributed by atoms with Crippen LogP contribution in [-0.4, -0.2) is 46.9 Å². The summed E-state index contributed by atoms with van der Waals surface area (Å²) < 4.78 is 0.715. The number of hydrogen-bond acceptors (Lipinski definition) is 3. The molecule has 0 aliphatic carbocycles. The summed E-state index contributed by atoms with van der Waals surface area (Å²) >= 11 is 3.24. The van der Waals surface area contributed by atoms with Crippen molar-refractivity contribution in [2.75, 3.05) is 13.1 Å². The molecule has 7 heteroatoms. The van der Waals surface area contributed by atoms with Gasteiger partial charge in [0.05, 0.1) is 0 Å². The van der Waals surface area contributed by atoms with E-state index in [1.54, 1.807) is 24.3 Å². The zero-order valence-corrected chi connectivity index (χ0v) is 11.4. The van der Waals surface area contributed by atoms with Crippen LogP contribution in [0.2, 0.25) is 0 Å². The van der Waals surface area contributed by atoms with Gasteiger partial charge in [0, 0.05) is 16.6 Å². The van der Waals surface area contributed by atoms with Gasteiger partial charge in [-0.1, -0.05) is 22.0 Å². The van der Waals surface area contributed by atoms with E-state index in [0.29, 0.717) is 10.0 Å². The number of nitrogens with one attached hydrogen (secondary N) is 1. The number of amides is 2. The van der Waals surface area contributed by atoms with E-state index in [-0.39, 0.29) is 19.0 Å². The van der Waals surface area contributed by atoms with Crippen LogP contribution >= 0.6 is 15.9 Å². The number of piperazine rings is 1. The molecule has 0 radical (unpaired) electrons. The van der Waals surface area contributed by atoms with E-state index in [1.807, 2.05) is 0 Å². The maximum atomic E-state index is 12.3. The van der Waals surface area contributed by atoms with Crippen LogP contribution in [0.15, 0.2) is 28.7 Å². The SMILES string of the molecule is O=C1CN(C(=O)c2cccc(Br)c2)C(C(=O)O)CN1. The molecule has 2 rings (SSSR count). The number of carboxylic acids is 1. The molecule has 0 saturated carbocycles. The molecule has 1 atom stereocenters. The second-order valence-corrected chi connectivity index (χ2v) is 5.02. The zero-order chi connectivity index (χ0) is 14.0. The number of rotatable bonds is 2. The minimum Gasteiger partial charge on any atom is -0.480 e. The fraction of sp³-hybridized carbons (Fsp3) is 0.250. The first-order chi connectivity index (χ1) is 8.99. The number of carboxylic acid groups (broad SMARTS) is 1. The summed E-state index contributed by atoms with van der Waals surface area (Å²) in [5.41, 5.74) is 0.343. The molecule has 0 bridgehead atoms. The first-order valence-electron chi connectivity index (χ1n) is 5.55. The highest BCUT2D eigenvalue weighted by atomic mass is 79.9. The van der Waals surface area contributed by atoms with Crippen molar-refractivity contribution in [3.63, 3.8) is 0 Å². The average molecular weight is 327 g/mol. The molecule has 1 aromatic carbocycles. The standard InChI is InChI=1S/C12H11BrN2O4/c13-8-3-1-2-7(4-8)11(17)15-6-10(16)14-5-9(15)12(18)19/h1-4,9H,5-6H2,(H,14,16)(H,18,19). The van der Waals surface area contributed by atoms with Crippen LogP contribution in [-0.2, 0) is 9.59 Å². The fourth-order valence-corrected chi connectivity index (χ4v) is 2.26. The molecule has 1 unspecified atom stereocenters. The third-order valence-corrected chi connectivity index (χ3v) is 3.29. The molecular weight excluding hydrogens is 316 g/mol. The minimum absolute atomic E-state index is 0.0755. The lowest BCUT2D eigenvalue weighted by Gasteiger charge is -2.32. The number of halogens is 1. The second-order valence-electron chi connectivity index (χ2n) is 4.10. The van der Waals surface area contributed by atoms with Crippen LogP contribution in [0.3, 0.4) is 0 Å². The maximum Gasteiger partial charge on any atom is 0.328 e. The summed E-state index contributed by atoms with van der Waals surface area (Å²) in [6.07, 6.45) is 0. The molecule has 1 aliphatic heterocycles. The predicted molar refractivity (Wildman–Crippen MR) is 69.6 cm³/mol. The van der Waals surface area contributed by atoms with E-state index in [1.165, 1.54) is 0 Å². The fourth-order valence-electron chi connectivity index (χ4n) is 1.86. The Morgan fingerprint density at radius 1 is 1.42 bits per heavy atom. The lowest BCUT2D eigenvalue weighted by atomic mass is 10.1. The lowest BCUT2D eigenvalue weighted by molar-refractivity contribution is -0.144. The molecular formula is C12H11BrN2O4. The van der Waals surface area contributed by atoms with E-state index < -0.39 is 17.9 Å². The molecule has 1 aromatic rings. The molecule has 6 nitrogen and oxygen atoms in total. The molecule has 19 heavy (non-hydrogen) atoms.